The molecule has 0 radical (unpaired) electrons. The largest absolute Gasteiger partial charge is 0.341 e. The van der Waals surface area contributed by atoms with E-state index in [-0.39, 0.29) is 5.91 Å². The molecule has 18 heavy (non-hydrogen) atoms. The second-order valence-electron chi connectivity index (χ2n) is 5.27. The Kier molecular flexibility index (Phi) is 4.44. The Hall–Kier alpha value is -0.830. The Morgan fingerprint density at radius 1 is 1.39 bits per heavy atom. The zero-order chi connectivity index (χ0) is 13.1. The van der Waals surface area contributed by atoms with Crippen LogP contribution in [-0.4, -0.2) is 24.4 Å². The third-order valence-electron chi connectivity index (χ3n) is 3.78. The smallest absolute Gasteiger partial charge is 0.254 e. The number of hydrogen-bond acceptors (Lipinski definition) is 1. The van der Waals surface area contributed by atoms with E-state index in [1.54, 1.807) is 0 Å². The maximum absolute atomic E-state index is 12.4. The summed E-state index contributed by atoms with van der Waals surface area (Å²) in [5, 5.41) is 0. The topological polar surface area (TPSA) is 20.3 Å². The zero-order valence-electron chi connectivity index (χ0n) is 11.1. The van der Waals surface area contributed by atoms with Crippen molar-refractivity contribution in [3.63, 3.8) is 0 Å². The van der Waals surface area contributed by atoms with Gasteiger partial charge in [0.25, 0.3) is 5.91 Å². The minimum absolute atomic E-state index is 0.123. The SMILES string of the molecule is Cc1cccc(C(=O)N(C)CC2CCCC2)c1Br. The molecule has 98 valence electrons. The first-order valence-electron chi connectivity index (χ1n) is 6.60. The van der Waals surface area contributed by atoms with Crippen LogP contribution in [0.2, 0.25) is 0 Å². The molecule has 0 N–H and O–H groups in total. The van der Waals surface area contributed by atoms with Crippen LogP contribution in [0.4, 0.5) is 0 Å². The lowest BCUT2D eigenvalue weighted by Crippen LogP contribution is -2.31. The number of halogens is 1. The molecule has 1 aromatic carbocycles. The number of nitrogens with zero attached hydrogens (tertiary/aromatic N) is 1. The van der Waals surface area contributed by atoms with Gasteiger partial charge < -0.3 is 4.90 Å². The number of amides is 1. The van der Waals surface area contributed by atoms with Gasteiger partial charge in [0, 0.05) is 18.1 Å². The maximum Gasteiger partial charge on any atom is 0.254 e. The van der Waals surface area contributed by atoms with Gasteiger partial charge in [0.05, 0.1) is 5.56 Å². The molecule has 3 heteroatoms. The van der Waals surface area contributed by atoms with E-state index in [2.05, 4.69) is 15.9 Å². The molecule has 1 aliphatic rings. The lowest BCUT2D eigenvalue weighted by atomic mass is 10.1. The minimum Gasteiger partial charge on any atom is -0.341 e. The van der Waals surface area contributed by atoms with Crippen LogP contribution in [0.1, 0.15) is 41.6 Å². The van der Waals surface area contributed by atoms with E-state index >= 15 is 0 Å². The standard InChI is InChI=1S/C15H20BrNO/c1-11-6-5-9-13(14(11)16)15(18)17(2)10-12-7-3-4-8-12/h5-6,9,12H,3-4,7-8,10H2,1-2H3. The van der Waals surface area contributed by atoms with Gasteiger partial charge in [-0.05, 0) is 53.2 Å². The fraction of sp³-hybridized carbons (Fsp3) is 0.533. The third kappa shape index (κ3) is 2.94. The highest BCUT2D eigenvalue weighted by Gasteiger charge is 2.21. The fourth-order valence-electron chi connectivity index (χ4n) is 2.68. The summed E-state index contributed by atoms with van der Waals surface area (Å²) >= 11 is 3.51. The van der Waals surface area contributed by atoms with Crippen LogP contribution in [0.3, 0.4) is 0 Å². The molecule has 1 saturated carbocycles. The van der Waals surface area contributed by atoms with E-state index in [4.69, 9.17) is 0 Å². The molecule has 1 aliphatic carbocycles. The van der Waals surface area contributed by atoms with Crippen molar-refractivity contribution in [2.75, 3.05) is 13.6 Å². The van der Waals surface area contributed by atoms with Gasteiger partial charge in [0.1, 0.15) is 0 Å². The molecule has 0 atom stereocenters. The highest BCUT2D eigenvalue weighted by Crippen LogP contribution is 2.27. The zero-order valence-corrected chi connectivity index (χ0v) is 12.7. The molecule has 0 saturated heterocycles. The van der Waals surface area contributed by atoms with Crippen molar-refractivity contribution >= 4 is 21.8 Å². The Bertz CT molecular complexity index is 438. The molecule has 2 nitrogen and oxygen atoms in total. The second-order valence-corrected chi connectivity index (χ2v) is 6.07. The molecule has 0 aromatic heterocycles. The number of hydrogen-bond donors (Lipinski definition) is 0. The van der Waals surface area contributed by atoms with Gasteiger partial charge >= 0.3 is 0 Å². The van der Waals surface area contributed by atoms with Gasteiger partial charge in [-0.1, -0.05) is 25.0 Å². The Morgan fingerprint density at radius 3 is 2.72 bits per heavy atom. The highest BCUT2D eigenvalue weighted by atomic mass is 79.9. The number of aryl methyl sites for hydroxylation is 1. The number of carbonyl (C=O) groups excluding carboxylic acids is 1. The van der Waals surface area contributed by atoms with Gasteiger partial charge in [0.2, 0.25) is 0 Å². The molecule has 0 aliphatic heterocycles. The summed E-state index contributed by atoms with van der Waals surface area (Å²) in [6.45, 7) is 2.90. The molecular weight excluding hydrogens is 290 g/mol. The number of carbonyl (C=O) groups is 1. The van der Waals surface area contributed by atoms with E-state index in [0.717, 1.165) is 22.1 Å². The van der Waals surface area contributed by atoms with Crippen molar-refractivity contribution in [3.05, 3.63) is 33.8 Å². The van der Waals surface area contributed by atoms with E-state index in [1.165, 1.54) is 25.7 Å². The summed E-state index contributed by atoms with van der Waals surface area (Å²) in [7, 11) is 1.91. The van der Waals surface area contributed by atoms with Crippen molar-refractivity contribution < 1.29 is 4.79 Å². The summed E-state index contributed by atoms with van der Waals surface area (Å²) < 4.78 is 0.924. The summed E-state index contributed by atoms with van der Waals surface area (Å²) in [5.41, 5.74) is 1.88. The first-order chi connectivity index (χ1) is 8.59. The maximum atomic E-state index is 12.4. The van der Waals surface area contributed by atoms with Crippen LogP contribution in [0.5, 0.6) is 0 Å². The lowest BCUT2D eigenvalue weighted by molar-refractivity contribution is 0.0772. The van der Waals surface area contributed by atoms with Crippen LogP contribution >= 0.6 is 15.9 Å². The first kappa shape index (κ1) is 13.6. The summed E-state index contributed by atoms with van der Waals surface area (Å²) in [4.78, 5) is 14.3. The van der Waals surface area contributed by atoms with Gasteiger partial charge in [-0.15, -0.1) is 0 Å². The van der Waals surface area contributed by atoms with Crippen LogP contribution < -0.4 is 0 Å². The van der Waals surface area contributed by atoms with Crippen LogP contribution in [0, 0.1) is 12.8 Å². The average Bonchev–Trinajstić information content (AvgIpc) is 2.84. The van der Waals surface area contributed by atoms with Crippen molar-refractivity contribution in [1.82, 2.24) is 4.90 Å². The predicted molar refractivity (Wildman–Crippen MR) is 77.8 cm³/mol. The molecule has 0 unspecified atom stereocenters. The number of benzene rings is 1. The fourth-order valence-corrected chi connectivity index (χ4v) is 3.12. The molecule has 1 aromatic rings. The summed E-state index contributed by atoms with van der Waals surface area (Å²) in [6.07, 6.45) is 5.18. The van der Waals surface area contributed by atoms with Gasteiger partial charge in [-0.2, -0.15) is 0 Å². The summed E-state index contributed by atoms with van der Waals surface area (Å²) in [6, 6.07) is 5.85. The van der Waals surface area contributed by atoms with Crippen molar-refractivity contribution in [3.8, 4) is 0 Å². The van der Waals surface area contributed by atoms with Crippen LogP contribution in [0.15, 0.2) is 22.7 Å². The monoisotopic (exact) mass is 309 g/mol. The van der Waals surface area contributed by atoms with E-state index in [0.29, 0.717) is 5.92 Å². The van der Waals surface area contributed by atoms with E-state index in [9.17, 15) is 4.79 Å². The molecule has 0 spiro atoms. The first-order valence-corrected chi connectivity index (χ1v) is 7.39. The molecule has 0 heterocycles. The Balaban J connectivity index is 2.07. The van der Waals surface area contributed by atoms with Gasteiger partial charge in [-0.3, -0.25) is 4.79 Å². The molecule has 2 rings (SSSR count). The second kappa shape index (κ2) is 5.87. The van der Waals surface area contributed by atoms with E-state index in [1.807, 2.05) is 37.1 Å². The Labute approximate surface area is 117 Å². The average molecular weight is 310 g/mol. The van der Waals surface area contributed by atoms with Crippen molar-refractivity contribution in [2.45, 2.75) is 32.6 Å². The molecule has 1 fully saturated rings. The van der Waals surface area contributed by atoms with Crippen LogP contribution in [-0.2, 0) is 0 Å². The lowest BCUT2D eigenvalue weighted by Gasteiger charge is -2.22. The van der Waals surface area contributed by atoms with Gasteiger partial charge in [-0.25, -0.2) is 0 Å². The number of rotatable bonds is 3. The van der Waals surface area contributed by atoms with Crippen molar-refractivity contribution in [1.29, 1.82) is 0 Å². The Morgan fingerprint density at radius 2 is 2.06 bits per heavy atom. The normalized spacial score (nSPS) is 15.9. The van der Waals surface area contributed by atoms with Crippen LogP contribution in [0.25, 0.3) is 0 Å². The van der Waals surface area contributed by atoms with Crippen molar-refractivity contribution in [2.24, 2.45) is 5.92 Å². The third-order valence-corrected chi connectivity index (χ3v) is 4.83. The minimum atomic E-state index is 0.123. The van der Waals surface area contributed by atoms with E-state index < -0.39 is 0 Å². The predicted octanol–water partition coefficient (Wildman–Crippen LogP) is 4.02. The molecular formula is C15H20BrNO. The quantitative estimate of drug-likeness (QED) is 0.826. The van der Waals surface area contributed by atoms with Gasteiger partial charge in [0.15, 0.2) is 0 Å². The highest BCUT2D eigenvalue weighted by molar-refractivity contribution is 9.10. The summed E-state index contributed by atoms with van der Waals surface area (Å²) in [5.74, 6) is 0.819. The molecule has 1 amide bonds. The molecule has 0 bridgehead atoms.